The van der Waals surface area contributed by atoms with E-state index in [1.165, 1.54) is 36.7 Å². The highest BCUT2D eigenvalue weighted by Gasteiger charge is 2.43. The summed E-state index contributed by atoms with van der Waals surface area (Å²) < 4.78 is 52.9. The van der Waals surface area contributed by atoms with Crippen molar-refractivity contribution in [2.45, 2.75) is 9.79 Å². The normalized spacial score (nSPS) is 11.8. The Balaban J connectivity index is 2.26. The first kappa shape index (κ1) is 17.2. The number of pyridine rings is 1. The minimum Gasteiger partial charge on any atom is -0.307 e. The van der Waals surface area contributed by atoms with Gasteiger partial charge in [-0.05, 0) is 24.3 Å². The molecule has 0 bridgehead atoms. The van der Waals surface area contributed by atoms with Gasteiger partial charge in [0.25, 0.3) is 0 Å². The van der Waals surface area contributed by atoms with E-state index >= 15 is 0 Å². The van der Waals surface area contributed by atoms with Crippen molar-refractivity contribution in [2.24, 2.45) is 0 Å². The lowest BCUT2D eigenvalue weighted by Crippen LogP contribution is -2.48. The van der Waals surface area contributed by atoms with Crippen LogP contribution in [0.3, 0.4) is 0 Å². The molecule has 0 radical (unpaired) electrons. The van der Waals surface area contributed by atoms with E-state index in [2.05, 4.69) is 0 Å². The van der Waals surface area contributed by atoms with E-state index in [1.807, 2.05) is 0 Å². The number of hydrogen-bond donors (Lipinski definition) is 0. The van der Waals surface area contributed by atoms with Gasteiger partial charge in [0.05, 0.1) is 22.2 Å². The molecule has 0 unspecified atom stereocenters. The first-order valence-electron chi connectivity index (χ1n) is 7.38. The van der Waals surface area contributed by atoms with Crippen LogP contribution in [0.5, 0.6) is 0 Å². The molecule has 0 aliphatic heterocycles. The van der Waals surface area contributed by atoms with Crippen LogP contribution in [0.25, 0.3) is 0 Å². The number of sulfone groups is 2. The summed E-state index contributed by atoms with van der Waals surface area (Å²) in [5.74, 6) is 0. The Labute approximate surface area is 147 Å². The molecule has 0 N–H and O–H groups in total. The summed E-state index contributed by atoms with van der Waals surface area (Å²) in [7, 11) is -8.54. The van der Waals surface area contributed by atoms with Crippen molar-refractivity contribution in [2.75, 3.05) is 0 Å². The number of benzene rings is 2. The molecule has 0 aliphatic carbocycles. The van der Waals surface area contributed by atoms with Crippen molar-refractivity contribution in [3.05, 3.63) is 96.0 Å². The van der Waals surface area contributed by atoms with Gasteiger partial charge in [0.2, 0.25) is 19.7 Å². The molecule has 0 amide bonds. The van der Waals surface area contributed by atoms with Crippen LogP contribution in [0.2, 0.25) is 0 Å². The van der Waals surface area contributed by atoms with Crippen molar-refractivity contribution in [1.82, 2.24) is 0 Å². The van der Waals surface area contributed by atoms with Gasteiger partial charge >= 0.3 is 4.71 Å². The Kier molecular flexibility index (Phi) is 4.61. The van der Waals surface area contributed by atoms with Crippen LogP contribution in [0.1, 0.15) is 0 Å². The quantitative estimate of drug-likeness (QED) is 0.508. The molecule has 7 heteroatoms. The van der Waals surface area contributed by atoms with Crippen LogP contribution in [0.4, 0.5) is 0 Å². The SMILES string of the molecule is O=S(=O)(c1ccccc1)[C-]([n+]1ccccc1)S(=O)(=O)c1ccccc1. The highest BCUT2D eigenvalue weighted by molar-refractivity contribution is 8.12. The van der Waals surface area contributed by atoms with Crippen molar-refractivity contribution in [1.29, 1.82) is 0 Å². The third-order valence-corrected chi connectivity index (χ3v) is 7.94. The molecule has 0 fully saturated rings. The Morgan fingerprint density at radius 3 is 1.32 bits per heavy atom. The summed E-state index contributed by atoms with van der Waals surface area (Å²) in [6.07, 6.45) is 2.80. The zero-order chi connectivity index (χ0) is 17.9. The molecule has 0 saturated heterocycles. The standard InChI is InChI=1S/C18H15NO4S2/c20-24(21,16-10-4-1-5-11-16)18(19-14-8-3-9-15-19)25(22,23)17-12-6-2-7-13-17/h1-15H. The largest absolute Gasteiger partial charge is 0.307 e. The van der Waals surface area contributed by atoms with Gasteiger partial charge in [0.15, 0.2) is 0 Å². The van der Waals surface area contributed by atoms with E-state index < -0.39 is 24.4 Å². The molecule has 3 aromatic rings. The minimum atomic E-state index is -4.27. The summed E-state index contributed by atoms with van der Waals surface area (Å²) in [5.41, 5.74) is 0. The number of rotatable bonds is 5. The highest BCUT2D eigenvalue weighted by Crippen LogP contribution is 2.28. The highest BCUT2D eigenvalue weighted by atomic mass is 32.3. The van der Waals surface area contributed by atoms with Gasteiger partial charge in [-0.3, -0.25) is 0 Å². The molecule has 1 aromatic heterocycles. The smallest absolute Gasteiger partial charge is 0.301 e. The molecular weight excluding hydrogens is 358 g/mol. The average Bonchev–Trinajstić information content (AvgIpc) is 2.64. The summed E-state index contributed by atoms with van der Waals surface area (Å²) in [6, 6.07) is 19.9. The van der Waals surface area contributed by atoms with Gasteiger partial charge in [-0.25, -0.2) is 16.8 Å². The van der Waals surface area contributed by atoms with E-state index in [1.54, 1.807) is 54.6 Å². The van der Waals surface area contributed by atoms with Crippen LogP contribution in [0, 0.1) is 4.71 Å². The third-order valence-electron chi connectivity index (χ3n) is 3.49. The fourth-order valence-corrected chi connectivity index (χ4v) is 6.31. The lowest BCUT2D eigenvalue weighted by atomic mass is 10.4. The molecular formula is C18H15NO4S2. The minimum absolute atomic E-state index is 0.0825. The monoisotopic (exact) mass is 373 g/mol. The Morgan fingerprint density at radius 2 is 0.920 bits per heavy atom. The van der Waals surface area contributed by atoms with Gasteiger partial charge in [0, 0.05) is 0 Å². The van der Waals surface area contributed by atoms with Crippen molar-refractivity contribution in [3.63, 3.8) is 0 Å². The number of hydrogen-bond acceptors (Lipinski definition) is 4. The molecule has 0 atom stereocenters. The molecule has 5 nitrogen and oxygen atoms in total. The van der Waals surface area contributed by atoms with Crippen LogP contribution in [-0.2, 0) is 19.7 Å². The number of nitrogens with zero attached hydrogens (tertiary/aromatic N) is 1. The maximum Gasteiger partial charge on any atom is 0.301 e. The van der Waals surface area contributed by atoms with E-state index in [-0.39, 0.29) is 9.79 Å². The fraction of sp³-hybridized carbons (Fsp3) is 0. The van der Waals surface area contributed by atoms with Crippen LogP contribution in [0.15, 0.2) is 101 Å². The second-order valence-electron chi connectivity index (χ2n) is 5.18. The van der Waals surface area contributed by atoms with Crippen LogP contribution in [-0.4, -0.2) is 16.8 Å². The lowest BCUT2D eigenvalue weighted by molar-refractivity contribution is -0.630. The van der Waals surface area contributed by atoms with E-state index in [9.17, 15) is 16.8 Å². The first-order chi connectivity index (χ1) is 11.9. The van der Waals surface area contributed by atoms with Crippen LogP contribution >= 0.6 is 0 Å². The fourth-order valence-electron chi connectivity index (χ4n) is 2.34. The van der Waals surface area contributed by atoms with Gasteiger partial charge in [-0.15, -0.1) is 0 Å². The van der Waals surface area contributed by atoms with Gasteiger partial charge < -0.3 is 4.57 Å². The van der Waals surface area contributed by atoms with Crippen molar-refractivity contribution >= 4 is 19.7 Å². The first-order valence-corrected chi connectivity index (χ1v) is 10.3. The molecule has 0 saturated carbocycles. The summed E-state index contributed by atoms with van der Waals surface area (Å²) in [4.78, 5) is -0.165. The topological polar surface area (TPSA) is 72.2 Å². The van der Waals surface area contributed by atoms with Gasteiger partial charge in [-0.2, -0.15) is 0 Å². The zero-order valence-electron chi connectivity index (χ0n) is 13.1. The molecule has 1 heterocycles. The summed E-state index contributed by atoms with van der Waals surface area (Å²) in [6.45, 7) is 0. The Morgan fingerprint density at radius 1 is 0.560 bits per heavy atom. The van der Waals surface area contributed by atoms with Crippen molar-refractivity contribution < 1.29 is 21.4 Å². The third kappa shape index (κ3) is 3.29. The molecule has 25 heavy (non-hydrogen) atoms. The maximum absolute atomic E-state index is 13.1. The Hall–Kier alpha value is -2.64. The maximum atomic E-state index is 13.1. The Bertz CT molecular complexity index is 980. The van der Waals surface area contributed by atoms with E-state index in [0.717, 1.165) is 4.57 Å². The molecule has 0 spiro atoms. The van der Waals surface area contributed by atoms with E-state index in [0.29, 0.717) is 0 Å². The predicted octanol–water partition coefficient (Wildman–Crippen LogP) is 2.22. The molecule has 2 aromatic carbocycles. The second-order valence-corrected chi connectivity index (χ2v) is 9.17. The second kappa shape index (κ2) is 6.70. The summed E-state index contributed by atoms with van der Waals surface area (Å²) >= 11 is 0. The van der Waals surface area contributed by atoms with Gasteiger partial charge in [0.1, 0.15) is 0 Å². The molecule has 128 valence electrons. The molecule has 3 rings (SSSR count). The van der Waals surface area contributed by atoms with E-state index in [4.69, 9.17) is 0 Å². The molecule has 0 aliphatic rings. The predicted molar refractivity (Wildman–Crippen MR) is 92.5 cm³/mol. The zero-order valence-corrected chi connectivity index (χ0v) is 14.7. The van der Waals surface area contributed by atoms with Gasteiger partial charge in [-0.1, -0.05) is 54.6 Å². The van der Waals surface area contributed by atoms with Crippen molar-refractivity contribution in [3.8, 4) is 0 Å². The van der Waals surface area contributed by atoms with Crippen LogP contribution < -0.4 is 4.57 Å². The number of aromatic nitrogens is 1. The lowest BCUT2D eigenvalue weighted by Gasteiger charge is -2.19. The summed E-state index contributed by atoms with van der Waals surface area (Å²) in [5, 5.41) is 0. The average molecular weight is 373 g/mol.